The van der Waals surface area contributed by atoms with E-state index in [0.29, 0.717) is 0 Å². The Hall–Kier alpha value is -0.191. The maximum atomic E-state index is 10.7. The number of carbonyl (C=O) groups is 3. The minimum atomic E-state index is -1.75. The van der Waals surface area contributed by atoms with E-state index < -0.39 is 56.0 Å². The summed E-state index contributed by atoms with van der Waals surface area (Å²) in [5.41, 5.74) is 3.62. The average Bonchev–Trinajstić information content (AvgIpc) is 2.25. The molecule has 0 aliphatic heterocycles. The Morgan fingerprint density at radius 1 is 1.00 bits per heavy atom. The minimum absolute atomic E-state index is 0. The standard InChI is InChI=1S/C10H17N2O7.Fe.Na/c11-6-10(3-7(14)15,4-8(16)17)12(1-2-13)5-9(18)19;;/h1-6,11H2,(H,14,15)(H,16,17)(H,18,19);;/q-1;+3;+1/p-3. The summed E-state index contributed by atoms with van der Waals surface area (Å²) in [5.74, 6) is -4.80. The molecule has 0 fully saturated rings. The monoisotopic (exact) mass is 353 g/mol. The SMILES string of the molecule is NCC(CC(=O)[O-])(CC(=O)[O-])N(CC[O-])CC(=O)[O-].[Fe+3].[Na+]. The molecule has 0 bridgehead atoms. The van der Waals surface area contributed by atoms with Crippen molar-refractivity contribution < 1.29 is 81.4 Å². The summed E-state index contributed by atoms with van der Waals surface area (Å²) in [4.78, 5) is 32.9. The molecule has 0 aliphatic carbocycles. The second-order valence-corrected chi connectivity index (χ2v) is 4.02. The van der Waals surface area contributed by atoms with Gasteiger partial charge in [0.15, 0.2) is 0 Å². The number of aliphatic carboxylic acids is 3. The van der Waals surface area contributed by atoms with Crippen LogP contribution < -0.4 is 55.7 Å². The van der Waals surface area contributed by atoms with E-state index in [0.717, 1.165) is 4.90 Å². The molecule has 2 N–H and O–H groups in total. The molecular formula is C10H14FeN2NaO7. The molecule has 0 rings (SSSR count). The fourth-order valence-electron chi connectivity index (χ4n) is 1.85. The molecular weight excluding hydrogens is 339 g/mol. The molecule has 11 heteroatoms. The molecule has 0 aromatic rings. The van der Waals surface area contributed by atoms with Crippen molar-refractivity contribution in [2.24, 2.45) is 5.73 Å². The Labute approximate surface area is 154 Å². The molecule has 0 unspecified atom stereocenters. The minimum Gasteiger partial charge on any atom is -0.854 e. The van der Waals surface area contributed by atoms with Gasteiger partial charge < -0.3 is 40.5 Å². The number of carboxylic acid groups (broad SMARTS) is 3. The Bertz CT molecular complexity index is 340. The normalized spacial score (nSPS) is 10.4. The van der Waals surface area contributed by atoms with E-state index in [1.54, 1.807) is 0 Å². The molecule has 0 atom stereocenters. The van der Waals surface area contributed by atoms with E-state index in [1.165, 1.54) is 0 Å². The Morgan fingerprint density at radius 3 is 1.67 bits per heavy atom. The van der Waals surface area contributed by atoms with Gasteiger partial charge in [-0.05, 0) is 6.54 Å². The van der Waals surface area contributed by atoms with E-state index in [-0.39, 0.29) is 53.2 Å². The van der Waals surface area contributed by atoms with Crippen molar-refractivity contribution in [1.29, 1.82) is 0 Å². The molecule has 0 aromatic carbocycles. The van der Waals surface area contributed by atoms with Crippen LogP contribution in [-0.4, -0.2) is 54.6 Å². The topological polar surface area (TPSA) is 173 Å². The summed E-state index contributed by atoms with van der Waals surface area (Å²) in [5, 5.41) is 42.6. The number of rotatable bonds is 10. The van der Waals surface area contributed by atoms with Gasteiger partial charge in [0, 0.05) is 43.4 Å². The summed E-state index contributed by atoms with van der Waals surface area (Å²) in [6, 6.07) is 0. The Balaban J connectivity index is -0.00000162. The molecule has 0 spiro atoms. The third-order valence-electron chi connectivity index (χ3n) is 2.68. The van der Waals surface area contributed by atoms with Crippen molar-refractivity contribution in [2.75, 3.05) is 26.2 Å². The maximum Gasteiger partial charge on any atom is 3.00 e. The van der Waals surface area contributed by atoms with Gasteiger partial charge in [0.2, 0.25) is 0 Å². The Kier molecular flexibility index (Phi) is 15.2. The molecule has 0 saturated carbocycles. The van der Waals surface area contributed by atoms with Gasteiger partial charge in [0.05, 0.1) is 5.97 Å². The molecule has 21 heavy (non-hydrogen) atoms. The zero-order valence-electron chi connectivity index (χ0n) is 11.5. The van der Waals surface area contributed by atoms with E-state index in [4.69, 9.17) is 5.73 Å². The van der Waals surface area contributed by atoms with Crippen LogP contribution >= 0.6 is 0 Å². The van der Waals surface area contributed by atoms with Gasteiger partial charge >= 0.3 is 46.6 Å². The molecule has 9 nitrogen and oxygen atoms in total. The second kappa shape index (κ2) is 12.4. The van der Waals surface area contributed by atoms with Crippen molar-refractivity contribution in [3.8, 4) is 0 Å². The van der Waals surface area contributed by atoms with E-state index in [2.05, 4.69) is 0 Å². The third kappa shape index (κ3) is 9.43. The van der Waals surface area contributed by atoms with Crippen LogP contribution in [0.15, 0.2) is 0 Å². The fourth-order valence-corrected chi connectivity index (χ4v) is 1.85. The van der Waals surface area contributed by atoms with Crippen LogP contribution in [0.1, 0.15) is 12.8 Å². The van der Waals surface area contributed by atoms with Crippen LogP contribution in [0, 0.1) is 0 Å². The van der Waals surface area contributed by atoms with Crippen molar-refractivity contribution in [3.63, 3.8) is 0 Å². The number of carbonyl (C=O) groups excluding carboxylic acids is 3. The number of nitrogens with two attached hydrogens (primary N) is 1. The van der Waals surface area contributed by atoms with Crippen LogP contribution in [-0.2, 0) is 31.5 Å². The van der Waals surface area contributed by atoms with E-state index in [1.807, 2.05) is 0 Å². The van der Waals surface area contributed by atoms with Crippen molar-refractivity contribution in [1.82, 2.24) is 4.90 Å². The second-order valence-electron chi connectivity index (χ2n) is 4.02. The molecule has 0 heterocycles. The number of carboxylic acids is 3. The smallest absolute Gasteiger partial charge is 0.854 e. The first kappa shape index (κ1) is 25.7. The van der Waals surface area contributed by atoms with Gasteiger partial charge in [-0.15, -0.1) is 6.61 Å². The van der Waals surface area contributed by atoms with Gasteiger partial charge in [-0.25, -0.2) is 0 Å². The molecule has 0 amide bonds. The van der Waals surface area contributed by atoms with Gasteiger partial charge in [0.1, 0.15) is 0 Å². The average molecular weight is 353 g/mol. The van der Waals surface area contributed by atoms with Gasteiger partial charge in [-0.2, -0.15) is 0 Å². The predicted molar refractivity (Wildman–Crippen MR) is 52.5 cm³/mol. The molecule has 0 aliphatic rings. The van der Waals surface area contributed by atoms with Crippen molar-refractivity contribution in [2.45, 2.75) is 18.4 Å². The largest absolute Gasteiger partial charge is 3.00 e. The fraction of sp³-hybridized carbons (Fsp3) is 0.700. The first-order valence-corrected chi connectivity index (χ1v) is 5.40. The Morgan fingerprint density at radius 2 is 1.43 bits per heavy atom. The molecule has 1 radical (unpaired) electrons. The summed E-state index contributed by atoms with van der Waals surface area (Å²) in [7, 11) is 0. The summed E-state index contributed by atoms with van der Waals surface area (Å²) >= 11 is 0. The van der Waals surface area contributed by atoms with Crippen LogP contribution in [0.2, 0.25) is 0 Å². The van der Waals surface area contributed by atoms with Gasteiger partial charge in [-0.3, -0.25) is 4.90 Å². The number of nitrogens with zero attached hydrogens (tertiary/aromatic N) is 1. The summed E-state index contributed by atoms with van der Waals surface area (Å²) < 4.78 is 0. The first-order valence-electron chi connectivity index (χ1n) is 5.40. The maximum absolute atomic E-state index is 10.7. The van der Waals surface area contributed by atoms with Gasteiger partial charge in [-0.1, -0.05) is 0 Å². The van der Waals surface area contributed by atoms with E-state index >= 15 is 0 Å². The number of hydrogen-bond donors (Lipinski definition) is 1. The number of hydrogen-bond acceptors (Lipinski definition) is 9. The van der Waals surface area contributed by atoms with E-state index in [9.17, 15) is 34.8 Å². The van der Waals surface area contributed by atoms with Crippen molar-refractivity contribution in [3.05, 3.63) is 0 Å². The van der Waals surface area contributed by atoms with Gasteiger partial charge in [0.25, 0.3) is 0 Å². The summed E-state index contributed by atoms with van der Waals surface area (Å²) in [6.07, 6.45) is -1.66. The van der Waals surface area contributed by atoms with Crippen LogP contribution in [0.4, 0.5) is 0 Å². The molecule has 115 valence electrons. The zero-order valence-corrected chi connectivity index (χ0v) is 14.6. The first-order chi connectivity index (χ1) is 8.77. The van der Waals surface area contributed by atoms with Crippen LogP contribution in [0.5, 0.6) is 0 Å². The zero-order chi connectivity index (χ0) is 15.1. The summed E-state index contributed by atoms with van der Waals surface area (Å²) in [6.45, 7) is -2.43. The molecule has 0 saturated heterocycles. The molecule has 0 aromatic heterocycles. The third-order valence-corrected chi connectivity index (χ3v) is 2.68. The van der Waals surface area contributed by atoms with Crippen LogP contribution in [0.3, 0.4) is 0 Å². The van der Waals surface area contributed by atoms with Crippen LogP contribution in [0.25, 0.3) is 0 Å². The van der Waals surface area contributed by atoms with Crippen molar-refractivity contribution >= 4 is 17.9 Å². The predicted octanol–water partition coefficient (Wildman–Crippen LogP) is -9.62. The quantitative estimate of drug-likeness (QED) is 0.374.